The third-order valence-corrected chi connectivity index (χ3v) is 4.04. The molecule has 0 fully saturated rings. The molecule has 1 atom stereocenters. The minimum atomic E-state index is -3.73. The summed E-state index contributed by atoms with van der Waals surface area (Å²) in [7, 11) is -1.32. The predicted octanol–water partition coefficient (Wildman–Crippen LogP) is -0.277. The van der Waals surface area contributed by atoms with Crippen molar-refractivity contribution in [1.29, 1.82) is 5.26 Å². The van der Waals surface area contributed by atoms with Gasteiger partial charge in [0.2, 0.25) is 10.0 Å². The van der Waals surface area contributed by atoms with Crippen LogP contribution in [-0.2, 0) is 19.6 Å². The zero-order chi connectivity index (χ0) is 12.1. The maximum Gasteiger partial charge on any atom is 0.320 e. The Kier molecular flexibility index (Phi) is 5.25. The molecule has 0 aliphatic carbocycles. The van der Waals surface area contributed by atoms with Crippen LogP contribution in [0.5, 0.6) is 0 Å². The van der Waals surface area contributed by atoms with Gasteiger partial charge in [-0.3, -0.25) is 4.79 Å². The molecule has 86 valence electrons. The Morgan fingerprint density at radius 2 is 2.13 bits per heavy atom. The lowest BCUT2D eigenvalue weighted by molar-refractivity contribution is -0.140. The molecule has 0 saturated heterocycles. The summed E-state index contributed by atoms with van der Waals surface area (Å²) in [5.74, 6) is -0.658. The highest BCUT2D eigenvalue weighted by Gasteiger charge is 2.29. The smallest absolute Gasteiger partial charge is 0.320 e. The Morgan fingerprint density at radius 1 is 1.60 bits per heavy atom. The second-order valence-corrected chi connectivity index (χ2v) is 5.13. The van der Waals surface area contributed by atoms with Gasteiger partial charge < -0.3 is 4.74 Å². The van der Waals surface area contributed by atoms with Gasteiger partial charge in [0.05, 0.1) is 13.2 Å². The van der Waals surface area contributed by atoms with Gasteiger partial charge in [-0.2, -0.15) is 9.57 Å². The fraction of sp³-hybridized carbons (Fsp3) is 0.750. The molecule has 15 heavy (non-hydrogen) atoms. The Morgan fingerprint density at radius 3 is 2.47 bits per heavy atom. The number of hydrogen-bond acceptors (Lipinski definition) is 5. The summed E-state index contributed by atoms with van der Waals surface area (Å²) < 4.78 is 28.4. The maximum absolute atomic E-state index is 11.6. The SMILES string of the molecule is CCC(C#N)S(=O)(=O)N(C)CC(=O)OC. The third kappa shape index (κ3) is 3.49. The number of nitriles is 1. The Hall–Kier alpha value is -1.13. The molecule has 0 aromatic heterocycles. The molecular weight excluding hydrogens is 220 g/mol. The Balaban J connectivity index is 4.75. The predicted molar refractivity (Wildman–Crippen MR) is 53.3 cm³/mol. The fourth-order valence-corrected chi connectivity index (χ4v) is 2.20. The van der Waals surface area contributed by atoms with E-state index in [1.54, 1.807) is 13.0 Å². The fourth-order valence-electron chi connectivity index (χ4n) is 0.922. The summed E-state index contributed by atoms with van der Waals surface area (Å²) in [6.45, 7) is 1.22. The summed E-state index contributed by atoms with van der Waals surface area (Å²) in [6, 6.07) is 1.68. The summed E-state index contributed by atoms with van der Waals surface area (Å²) in [5.41, 5.74) is 0. The molecule has 0 aromatic rings. The molecule has 1 unspecified atom stereocenters. The van der Waals surface area contributed by atoms with Crippen LogP contribution in [-0.4, -0.2) is 44.6 Å². The van der Waals surface area contributed by atoms with Crippen LogP contribution in [0.2, 0.25) is 0 Å². The number of sulfonamides is 1. The van der Waals surface area contributed by atoms with E-state index in [-0.39, 0.29) is 13.0 Å². The van der Waals surface area contributed by atoms with Crippen molar-refractivity contribution in [3.63, 3.8) is 0 Å². The summed E-state index contributed by atoms with van der Waals surface area (Å²) in [4.78, 5) is 10.9. The molecule has 0 heterocycles. The van der Waals surface area contributed by atoms with Crippen molar-refractivity contribution in [3.8, 4) is 6.07 Å². The molecule has 0 N–H and O–H groups in total. The van der Waals surface area contributed by atoms with E-state index in [0.717, 1.165) is 4.31 Å². The lowest BCUT2D eigenvalue weighted by Gasteiger charge is -2.18. The molecular formula is C8H14N2O4S. The van der Waals surface area contributed by atoms with E-state index < -0.39 is 21.2 Å². The van der Waals surface area contributed by atoms with Crippen LogP contribution < -0.4 is 0 Å². The lowest BCUT2D eigenvalue weighted by atomic mass is 10.4. The number of ether oxygens (including phenoxy) is 1. The van der Waals surface area contributed by atoms with Gasteiger partial charge in [-0.15, -0.1) is 0 Å². The largest absolute Gasteiger partial charge is 0.468 e. The van der Waals surface area contributed by atoms with Crippen LogP contribution in [0.15, 0.2) is 0 Å². The van der Waals surface area contributed by atoms with Gasteiger partial charge >= 0.3 is 5.97 Å². The van der Waals surface area contributed by atoms with Gasteiger partial charge in [-0.1, -0.05) is 6.92 Å². The number of carbonyl (C=O) groups excluding carboxylic acids is 1. The van der Waals surface area contributed by atoms with Crippen LogP contribution >= 0.6 is 0 Å². The highest BCUT2D eigenvalue weighted by Crippen LogP contribution is 2.09. The molecule has 0 rings (SSSR count). The molecule has 0 aliphatic rings. The molecule has 0 radical (unpaired) electrons. The van der Waals surface area contributed by atoms with E-state index in [0.29, 0.717) is 0 Å². The third-order valence-electron chi connectivity index (χ3n) is 1.89. The van der Waals surface area contributed by atoms with Gasteiger partial charge in [0.1, 0.15) is 6.54 Å². The Bertz CT molecular complexity index is 357. The van der Waals surface area contributed by atoms with Crippen LogP contribution in [0.4, 0.5) is 0 Å². The molecule has 0 bridgehead atoms. The number of likely N-dealkylation sites (N-methyl/N-ethyl adjacent to an activating group) is 1. The van der Waals surface area contributed by atoms with Gasteiger partial charge in [-0.05, 0) is 6.42 Å². The van der Waals surface area contributed by atoms with E-state index in [4.69, 9.17) is 5.26 Å². The first-order valence-corrected chi connectivity index (χ1v) is 5.82. The first-order valence-electron chi connectivity index (χ1n) is 4.31. The lowest BCUT2D eigenvalue weighted by Crippen LogP contribution is -2.38. The molecule has 0 aliphatic heterocycles. The zero-order valence-corrected chi connectivity index (χ0v) is 9.74. The highest BCUT2D eigenvalue weighted by atomic mass is 32.2. The maximum atomic E-state index is 11.6. The van der Waals surface area contributed by atoms with Gasteiger partial charge in [0.15, 0.2) is 5.25 Å². The quantitative estimate of drug-likeness (QED) is 0.611. The number of hydrogen-bond donors (Lipinski definition) is 0. The standard InChI is InChI=1S/C8H14N2O4S/c1-4-7(5-9)15(12,13)10(2)6-8(11)14-3/h7H,4,6H2,1-3H3. The number of esters is 1. The van der Waals surface area contributed by atoms with Gasteiger partial charge in [0.25, 0.3) is 0 Å². The van der Waals surface area contributed by atoms with Crippen LogP contribution in [0.3, 0.4) is 0 Å². The monoisotopic (exact) mass is 234 g/mol. The van der Waals surface area contributed by atoms with E-state index in [1.165, 1.54) is 14.2 Å². The average molecular weight is 234 g/mol. The number of nitrogens with zero attached hydrogens (tertiary/aromatic N) is 2. The van der Waals surface area contributed by atoms with E-state index >= 15 is 0 Å². The van der Waals surface area contributed by atoms with Crippen molar-refractivity contribution in [3.05, 3.63) is 0 Å². The molecule has 0 spiro atoms. The summed E-state index contributed by atoms with van der Waals surface area (Å²) >= 11 is 0. The number of methoxy groups -OCH3 is 1. The number of carbonyl (C=O) groups is 1. The molecule has 0 saturated carbocycles. The van der Waals surface area contributed by atoms with Gasteiger partial charge in [0, 0.05) is 7.05 Å². The van der Waals surface area contributed by atoms with Crippen LogP contribution in [0, 0.1) is 11.3 Å². The molecule has 0 aromatic carbocycles. The molecule has 6 nitrogen and oxygen atoms in total. The topological polar surface area (TPSA) is 87.5 Å². The van der Waals surface area contributed by atoms with Crippen molar-refractivity contribution in [2.24, 2.45) is 0 Å². The van der Waals surface area contributed by atoms with Crippen molar-refractivity contribution < 1.29 is 17.9 Å². The minimum Gasteiger partial charge on any atom is -0.468 e. The summed E-state index contributed by atoms with van der Waals surface area (Å²) in [6.07, 6.45) is 0.185. The second-order valence-electron chi connectivity index (χ2n) is 2.90. The van der Waals surface area contributed by atoms with E-state index in [2.05, 4.69) is 4.74 Å². The average Bonchev–Trinajstić information content (AvgIpc) is 2.18. The number of rotatable bonds is 5. The normalized spacial score (nSPS) is 13.3. The van der Waals surface area contributed by atoms with E-state index in [9.17, 15) is 13.2 Å². The summed E-state index contributed by atoms with van der Waals surface area (Å²) in [5, 5.41) is 7.51. The molecule has 7 heteroatoms. The van der Waals surface area contributed by atoms with Gasteiger partial charge in [-0.25, -0.2) is 8.42 Å². The van der Waals surface area contributed by atoms with Crippen molar-refractivity contribution in [2.45, 2.75) is 18.6 Å². The van der Waals surface area contributed by atoms with Crippen LogP contribution in [0.1, 0.15) is 13.3 Å². The van der Waals surface area contributed by atoms with Crippen molar-refractivity contribution in [1.82, 2.24) is 4.31 Å². The first-order chi connectivity index (χ1) is 6.89. The zero-order valence-electron chi connectivity index (χ0n) is 8.93. The van der Waals surface area contributed by atoms with Crippen molar-refractivity contribution >= 4 is 16.0 Å². The van der Waals surface area contributed by atoms with E-state index in [1.807, 2.05) is 0 Å². The molecule has 0 amide bonds. The van der Waals surface area contributed by atoms with Crippen molar-refractivity contribution in [2.75, 3.05) is 20.7 Å². The van der Waals surface area contributed by atoms with Crippen LogP contribution in [0.25, 0.3) is 0 Å². The Labute approximate surface area is 89.5 Å². The first kappa shape index (κ1) is 13.9. The minimum absolute atomic E-state index is 0.185. The second kappa shape index (κ2) is 5.68. The highest BCUT2D eigenvalue weighted by molar-refractivity contribution is 7.90.